The number of halogens is 2. The first-order valence-corrected chi connectivity index (χ1v) is 4.92. The van der Waals surface area contributed by atoms with E-state index < -0.39 is 0 Å². The smallest absolute Gasteiger partial charge is 0.137 e. The number of rotatable bonds is 2. The Kier molecular flexibility index (Phi) is 3.41. The van der Waals surface area contributed by atoms with Crippen molar-refractivity contribution in [2.24, 2.45) is 0 Å². The van der Waals surface area contributed by atoms with Crippen molar-refractivity contribution in [3.8, 4) is 5.75 Å². The van der Waals surface area contributed by atoms with Crippen LogP contribution < -0.4 is 4.74 Å². The van der Waals surface area contributed by atoms with E-state index in [1.807, 2.05) is 18.2 Å². The highest BCUT2D eigenvalue weighted by atomic mass is 79.9. The Morgan fingerprint density at radius 3 is 2.58 bits per heavy atom. The number of hydrogen-bond acceptors (Lipinski definition) is 1. The van der Waals surface area contributed by atoms with Crippen LogP contribution >= 0.6 is 27.5 Å². The van der Waals surface area contributed by atoms with Crippen molar-refractivity contribution in [1.29, 1.82) is 0 Å². The lowest BCUT2D eigenvalue weighted by molar-refractivity contribution is 0.415. The van der Waals surface area contributed by atoms with Crippen molar-refractivity contribution >= 4 is 27.5 Å². The molecule has 66 valence electrons. The topological polar surface area (TPSA) is 9.23 Å². The SMILES string of the molecule is COc1ccc([C@H](C)Br)cc1Cl. The maximum absolute atomic E-state index is 5.93. The summed E-state index contributed by atoms with van der Waals surface area (Å²) in [5, 5.41) is 0.654. The molecular weight excluding hydrogens is 239 g/mol. The molecule has 0 radical (unpaired) electrons. The monoisotopic (exact) mass is 248 g/mol. The van der Waals surface area contributed by atoms with Gasteiger partial charge in [-0.25, -0.2) is 0 Å². The zero-order valence-electron chi connectivity index (χ0n) is 6.97. The van der Waals surface area contributed by atoms with Crippen LogP contribution in [0.4, 0.5) is 0 Å². The first kappa shape index (κ1) is 9.87. The Morgan fingerprint density at radius 1 is 1.50 bits per heavy atom. The second-order valence-corrected chi connectivity index (χ2v) is 4.29. The molecule has 0 fully saturated rings. The maximum atomic E-state index is 5.93. The molecule has 1 nitrogen and oxygen atoms in total. The van der Waals surface area contributed by atoms with Crippen LogP contribution in [-0.4, -0.2) is 7.11 Å². The molecule has 0 aromatic heterocycles. The van der Waals surface area contributed by atoms with Crippen molar-refractivity contribution in [2.75, 3.05) is 7.11 Å². The Balaban J connectivity index is 3.02. The highest BCUT2D eigenvalue weighted by molar-refractivity contribution is 9.09. The summed E-state index contributed by atoms with van der Waals surface area (Å²) >= 11 is 9.39. The fraction of sp³-hybridized carbons (Fsp3) is 0.333. The molecule has 1 aromatic rings. The van der Waals surface area contributed by atoms with Crippen LogP contribution in [0.2, 0.25) is 5.02 Å². The number of hydrogen-bond donors (Lipinski definition) is 0. The van der Waals surface area contributed by atoms with E-state index in [9.17, 15) is 0 Å². The molecule has 0 aliphatic rings. The van der Waals surface area contributed by atoms with Crippen molar-refractivity contribution in [2.45, 2.75) is 11.8 Å². The van der Waals surface area contributed by atoms with Crippen LogP contribution in [0.3, 0.4) is 0 Å². The van der Waals surface area contributed by atoms with Crippen LogP contribution in [-0.2, 0) is 0 Å². The zero-order chi connectivity index (χ0) is 9.14. The van der Waals surface area contributed by atoms with E-state index in [-0.39, 0.29) is 0 Å². The summed E-state index contributed by atoms with van der Waals surface area (Å²) in [7, 11) is 1.61. The highest BCUT2D eigenvalue weighted by Crippen LogP contribution is 2.30. The third-order valence-corrected chi connectivity index (χ3v) is 2.46. The van der Waals surface area contributed by atoms with Gasteiger partial charge in [-0.05, 0) is 24.6 Å². The molecule has 0 N–H and O–H groups in total. The third kappa shape index (κ3) is 2.14. The Hall–Kier alpha value is -0.210. The lowest BCUT2D eigenvalue weighted by Gasteiger charge is -2.07. The summed E-state index contributed by atoms with van der Waals surface area (Å²) in [6.07, 6.45) is 0. The summed E-state index contributed by atoms with van der Waals surface area (Å²) in [4.78, 5) is 0.320. The molecular formula is C9H10BrClO. The highest BCUT2D eigenvalue weighted by Gasteiger charge is 2.04. The Bertz CT molecular complexity index is 273. The van der Waals surface area contributed by atoms with Gasteiger partial charge in [0.1, 0.15) is 5.75 Å². The Morgan fingerprint density at radius 2 is 2.17 bits per heavy atom. The lowest BCUT2D eigenvalue weighted by Crippen LogP contribution is -1.87. The second-order valence-electron chi connectivity index (χ2n) is 2.51. The molecule has 1 rings (SSSR count). The van der Waals surface area contributed by atoms with Crippen molar-refractivity contribution in [3.05, 3.63) is 28.8 Å². The summed E-state index contributed by atoms with van der Waals surface area (Å²) in [6, 6.07) is 5.76. The average molecular weight is 250 g/mol. The molecule has 0 amide bonds. The molecule has 0 spiro atoms. The van der Waals surface area contributed by atoms with E-state index in [1.165, 1.54) is 0 Å². The second kappa shape index (κ2) is 4.15. The minimum absolute atomic E-state index is 0.320. The first-order valence-electron chi connectivity index (χ1n) is 3.62. The largest absolute Gasteiger partial charge is 0.495 e. The molecule has 1 atom stereocenters. The van der Waals surface area contributed by atoms with Gasteiger partial charge in [0.15, 0.2) is 0 Å². The molecule has 0 saturated heterocycles. The standard InChI is InChI=1S/C9H10BrClO/c1-6(10)7-3-4-9(12-2)8(11)5-7/h3-6H,1-2H3/t6-/m0/s1. The van der Waals surface area contributed by atoms with Crippen LogP contribution in [0, 0.1) is 0 Å². The van der Waals surface area contributed by atoms with Gasteiger partial charge in [-0.3, -0.25) is 0 Å². The molecule has 0 saturated carbocycles. The fourth-order valence-electron chi connectivity index (χ4n) is 0.930. The van der Waals surface area contributed by atoms with E-state index in [2.05, 4.69) is 22.9 Å². The van der Waals surface area contributed by atoms with Crippen molar-refractivity contribution < 1.29 is 4.74 Å². The van der Waals surface area contributed by atoms with Crippen LogP contribution in [0.25, 0.3) is 0 Å². The summed E-state index contributed by atoms with van der Waals surface area (Å²) in [6.45, 7) is 2.05. The lowest BCUT2D eigenvalue weighted by atomic mass is 10.2. The van der Waals surface area contributed by atoms with Crippen LogP contribution in [0.15, 0.2) is 18.2 Å². The van der Waals surface area contributed by atoms with Crippen molar-refractivity contribution in [3.63, 3.8) is 0 Å². The molecule has 0 bridgehead atoms. The quantitative estimate of drug-likeness (QED) is 0.724. The normalized spacial score (nSPS) is 12.7. The van der Waals surface area contributed by atoms with E-state index in [1.54, 1.807) is 7.11 Å². The number of ether oxygens (including phenoxy) is 1. The van der Waals surface area contributed by atoms with E-state index in [0.717, 1.165) is 5.56 Å². The number of benzene rings is 1. The molecule has 1 aromatic carbocycles. The molecule has 0 aliphatic carbocycles. The fourth-order valence-corrected chi connectivity index (χ4v) is 1.48. The molecule has 12 heavy (non-hydrogen) atoms. The van der Waals surface area contributed by atoms with Gasteiger partial charge in [-0.15, -0.1) is 0 Å². The maximum Gasteiger partial charge on any atom is 0.137 e. The Labute approximate surface area is 85.8 Å². The minimum Gasteiger partial charge on any atom is -0.495 e. The zero-order valence-corrected chi connectivity index (χ0v) is 9.32. The number of methoxy groups -OCH3 is 1. The summed E-state index contributed by atoms with van der Waals surface area (Å²) in [5.41, 5.74) is 1.15. The summed E-state index contributed by atoms with van der Waals surface area (Å²) in [5.74, 6) is 0.716. The van der Waals surface area contributed by atoms with Gasteiger partial charge in [0.2, 0.25) is 0 Å². The van der Waals surface area contributed by atoms with Crippen LogP contribution in [0.5, 0.6) is 5.75 Å². The van der Waals surface area contributed by atoms with Gasteiger partial charge in [0, 0.05) is 4.83 Å². The first-order chi connectivity index (χ1) is 5.65. The average Bonchev–Trinajstić information content (AvgIpc) is 2.04. The molecule has 0 heterocycles. The van der Waals surface area contributed by atoms with E-state index in [0.29, 0.717) is 15.6 Å². The van der Waals surface area contributed by atoms with Crippen molar-refractivity contribution in [1.82, 2.24) is 0 Å². The predicted molar refractivity (Wildman–Crippen MR) is 55.3 cm³/mol. The summed E-state index contributed by atoms with van der Waals surface area (Å²) < 4.78 is 5.03. The molecule has 0 aliphatic heterocycles. The van der Waals surface area contributed by atoms with Gasteiger partial charge in [-0.2, -0.15) is 0 Å². The van der Waals surface area contributed by atoms with Gasteiger partial charge in [-0.1, -0.05) is 33.6 Å². The van der Waals surface area contributed by atoms with Gasteiger partial charge in [0.05, 0.1) is 12.1 Å². The van der Waals surface area contributed by atoms with E-state index >= 15 is 0 Å². The third-order valence-electron chi connectivity index (χ3n) is 1.64. The van der Waals surface area contributed by atoms with Crippen LogP contribution in [0.1, 0.15) is 17.3 Å². The number of alkyl halides is 1. The molecule has 3 heteroatoms. The van der Waals surface area contributed by atoms with Gasteiger partial charge in [0.25, 0.3) is 0 Å². The minimum atomic E-state index is 0.320. The molecule has 0 unspecified atom stereocenters. The van der Waals surface area contributed by atoms with Gasteiger partial charge >= 0.3 is 0 Å². The van der Waals surface area contributed by atoms with E-state index in [4.69, 9.17) is 16.3 Å². The predicted octanol–water partition coefficient (Wildman–Crippen LogP) is 3.80. The van der Waals surface area contributed by atoms with Gasteiger partial charge < -0.3 is 4.74 Å².